The first-order valence-corrected chi connectivity index (χ1v) is 7.31. The molecule has 0 saturated heterocycles. The standard InChI is InChI=1S/C17H21N5.HI/c1-3-8-20-17(19-4-2)21-12-15-6-5-7-16(11-15)13-22-10-9-18-14-22;/h1,5-7,9-11,14H,4,8,12-13H2,2H3,(H2,19,20,21);1H. The number of nitrogens with zero attached hydrogens (tertiary/aromatic N) is 3. The Bertz CT molecular complexity index is 643. The smallest absolute Gasteiger partial charge is 0.192 e. The Morgan fingerprint density at radius 2 is 2.17 bits per heavy atom. The first-order valence-electron chi connectivity index (χ1n) is 7.31. The topological polar surface area (TPSA) is 54.2 Å². The zero-order chi connectivity index (χ0) is 15.6. The largest absolute Gasteiger partial charge is 0.357 e. The molecule has 1 aromatic heterocycles. The normalized spacial score (nSPS) is 10.5. The maximum absolute atomic E-state index is 5.26. The molecule has 0 spiro atoms. The van der Waals surface area contributed by atoms with Crippen molar-refractivity contribution in [3.63, 3.8) is 0 Å². The number of halogens is 1. The third-order valence-corrected chi connectivity index (χ3v) is 3.04. The van der Waals surface area contributed by atoms with Gasteiger partial charge in [-0.1, -0.05) is 30.2 Å². The lowest BCUT2D eigenvalue weighted by molar-refractivity contribution is 0.795. The van der Waals surface area contributed by atoms with Crippen LogP contribution in [0.1, 0.15) is 18.1 Å². The lowest BCUT2D eigenvalue weighted by atomic mass is 10.1. The fourth-order valence-electron chi connectivity index (χ4n) is 2.06. The minimum Gasteiger partial charge on any atom is -0.357 e. The van der Waals surface area contributed by atoms with E-state index < -0.39 is 0 Å². The number of aromatic nitrogens is 2. The van der Waals surface area contributed by atoms with Crippen LogP contribution in [-0.4, -0.2) is 28.6 Å². The second-order valence-electron chi connectivity index (χ2n) is 4.81. The summed E-state index contributed by atoms with van der Waals surface area (Å²) in [7, 11) is 0. The van der Waals surface area contributed by atoms with Crippen LogP contribution >= 0.6 is 24.0 Å². The van der Waals surface area contributed by atoms with Gasteiger partial charge < -0.3 is 15.2 Å². The fraction of sp³-hybridized carbons (Fsp3) is 0.294. The van der Waals surface area contributed by atoms with Gasteiger partial charge in [-0.05, 0) is 18.1 Å². The number of hydrogen-bond donors (Lipinski definition) is 2. The number of aliphatic imine (C=N–C) groups is 1. The summed E-state index contributed by atoms with van der Waals surface area (Å²) >= 11 is 0. The van der Waals surface area contributed by atoms with Crippen LogP contribution in [0.2, 0.25) is 0 Å². The van der Waals surface area contributed by atoms with Gasteiger partial charge >= 0.3 is 0 Å². The Morgan fingerprint density at radius 1 is 1.35 bits per heavy atom. The molecule has 0 aliphatic rings. The van der Waals surface area contributed by atoms with E-state index >= 15 is 0 Å². The summed E-state index contributed by atoms with van der Waals surface area (Å²) in [6, 6.07) is 8.40. The molecule has 0 atom stereocenters. The van der Waals surface area contributed by atoms with Gasteiger partial charge in [-0.15, -0.1) is 30.4 Å². The summed E-state index contributed by atoms with van der Waals surface area (Å²) in [6.45, 7) is 4.72. The maximum atomic E-state index is 5.26. The van der Waals surface area contributed by atoms with Crippen molar-refractivity contribution in [3.05, 3.63) is 54.1 Å². The summed E-state index contributed by atoms with van der Waals surface area (Å²) in [4.78, 5) is 8.60. The first kappa shape index (κ1) is 19.0. The third kappa shape index (κ3) is 6.74. The molecule has 2 aromatic rings. The molecule has 0 aliphatic carbocycles. The maximum Gasteiger partial charge on any atom is 0.192 e. The molecule has 5 nitrogen and oxygen atoms in total. The van der Waals surface area contributed by atoms with Crippen LogP contribution in [0.25, 0.3) is 0 Å². The van der Waals surface area contributed by atoms with E-state index in [1.807, 2.05) is 24.0 Å². The Kier molecular flexibility index (Phi) is 8.83. The molecule has 122 valence electrons. The Hall–Kier alpha value is -2.01. The number of guanidine groups is 1. The molecule has 6 heteroatoms. The van der Waals surface area contributed by atoms with Crippen LogP contribution in [0, 0.1) is 12.3 Å². The highest BCUT2D eigenvalue weighted by Crippen LogP contribution is 2.08. The predicted octanol–water partition coefficient (Wildman–Crippen LogP) is 2.24. The van der Waals surface area contributed by atoms with E-state index in [0.717, 1.165) is 24.6 Å². The van der Waals surface area contributed by atoms with Gasteiger partial charge in [0.2, 0.25) is 0 Å². The minimum absolute atomic E-state index is 0. The molecule has 0 amide bonds. The monoisotopic (exact) mass is 423 g/mol. The average Bonchev–Trinajstić information content (AvgIpc) is 3.03. The summed E-state index contributed by atoms with van der Waals surface area (Å²) in [5.74, 6) is 3.28. The number of rotatable bonds is 6. The summed E-state index contributed by atoms with van der Waals surface area (Å²) in [5.41, 5.74) is 2.39. The molecule has 0 saturated carbocycles. The number of benzene rings is 1. The molecular weight excluding hydrogens is 401 g/mol. The Balaban J connectivity index is 0.00000264. The SMILES string of the molecule is C#CCNC(=NCc1cccc(Cn2ccnc2)c1)NCC.I. The van der Waals surface area contributed by atoms with Crippen LogP contribution in [0.5, 0.6) is 0 Å². The quantitative estimate of drug-likeness (QED) is 0.324. The van der Waals surface area contributed by atoms with Crippen molar-refractivity contribution in [3.8, 4) is 12.3 Å². The van der Waals surface area contributed by atoms with Crippen molar-refractivity contribution in [1.82, 2.24) is 20.2 Å². The van der Waals surface area contributed by atoms with Crippen LogP contribution in [-0.2, 0) is 13.1 Å². The summed E-state index contributed by atoms with van der Waals surface area (Å²) in [6.07, 6.45) is 10.8. The van der Waals surface area contributed by atoms with Gasteiger partial charge in [-0.2, -0.15) is 0 Å². The highest BCUT2D eigenvalue weighted by molar-refractivity contribution is 14.0. The van der Waals surface area contributed by atoms with E-state index in [4.69, 9.17) is 6.42 Å². The zero-order valence-electron chi connectivity index (χ0n) is 13.2. The number of imidazole rings is 1. The molecule has 23 heavy (non-hydrogen) atoms. The highest BCUT2D eigenvalue weighted by Gasteiger charge is 1.99. The molecule has 1 heterocycles. The Morgan fingerprint density at radius 3 is 2.87 bits per heavy atom. The number of terminal acetylenes is 1. The van der Waals surface area contributed by atoms with E-state index in [-0.39, 0.29) is 24.0 Å². The lowest BCUT2D eigenvalue weighted by Crippen LogP contribution is -2.37. The van der Waals surface area contributed by atoms with Crippen LogP contribution in [0.15, 0.2) is 48.0 Å². The van der Waals surface area contributed by atoms with Gasteiger partial charge in [0, 0.05) is 25.5 Å². The van der Waals surface area contributed by atoms with E-state index in [9.17, 15) is 0 Å². The van der Waals surface area contributed by atoms with Crippen molar-refractivity contribution in [1.29, 1.82) is 0 Å². The van der Waals surface area contributed by atoms with Crippen LogP contribution in [0.3, 0.4) is 0 Å². The second-order valence-corrected chi connectivity index (χ2v) is 4.81. The second kappa shape index (κ2) is 10.7. The first-order chi connectivity index (χ1) is 10.8. The molecular formula is C17H22IN5. The van der Waals surface area contributed by atoms with Crippen LogP contribution in [0.4, 0.5) is 0 Å². The van der Waals surface area contributed by atoms with E-state index in [2.05, 4.69) is 50.8 Å². The van der Waals surface area contributed by atoms with E-state index in [1.54, 1.807) is 6.20 Å². The average molecular weight is 423 g/mol. The van der Waals surface area contributed by atoms with Crippen molar-refractivity contribution in [2.45, 2.75) is 20.0 Å². The van der Waals surface area contributed by atoms with E-state index in [1.165, 1.54) is 5.56 Å². The number of hydrogen-bond acceptors (Lipinski definition) is 2. The molecule has 2 N–H and O–H groups in total. The van der Waals surface area contributed by atoms with Gasteiger partial charge in [-0.3, -0.25) is 0 Å². The van der Waals surface area contributed by atoms with Gasteiger partial charge in [0.25, 0.3) is 0 Å². The molecule has 0 aliphatic heterocycles. The molecule has 2 rings (SSSR count). The highest BCUT2D eigenvalue weighted by atomic mass is 127. The molecule has 0 bridgehead atoms. The Labute approximate surface area is 154 Å². The van der Waals surface area contributed by atoms with Crippen molar-refractivity contribution < 1.29 is 0 Å². The predicted molar refractivity (Wildman–Crippen MR) is 105 cm³/mol. The van der Waals surface area contributed by atoms with Gasteiger partial charge in [0.15, 0.2) is 5.96 Å². The summed E-state index contributed by atoms with van der Waals surface area (Å²) < 4.78 is 2.04. The third-order valence-electron chi connectivity index (χ3n) is 3.04. The van der Waals surface area contributed by atoms with Gasteiger partial charge in [0.05, 0.1) is 19.4 Å². The van der Waals surface area contributed by atoms with Gasteiger partial charge in [-0.25, -0.2) is 9.98 Å². The van der Waals surface area contributed by atoms with E-state index in [0.29, 0.717) is 13.1 Å². The zero-order valence-corrected chi connectivity index (χ0v) is 15.5. The van der Waals surface area contributed by atoms with Crippen molar-refractivity contribution in [2.24, 2.45) is 4.99 Å². The van der Waals surface area contributed by atoms with Crippen molar-refractivity contribution in [2.75, 3.05) is 13.1 Å². The lowest BCUT2D eigenvalue weighted by Gasteiger charge is -2.09. The number of nitrogens with one attached hydrogen (secondary N) is 2. The summed E-state index contributed by atoms with van der Waals surface area (Å²) in [5, 5.41) is 6.25. The molecule has 0 radical (unpaired) electrons. The van der Waals surface area contributed by atoms with Gasteiger partial charge in [0.1, 0.15) is 0 Å². The molecule has 0 fully saturated rings. The fourth-order valence-corrected chi connectivity index (χ4v) is 2.06. The minimum atomic E-state index is 0. The molecule has 1 aromatic carbocycles. The molecule has 0 unspecified atom stereocenters. The van der Waals surface area contributed by atoms with Crippen LogP contribution < -0.4 is 10.6 Å². The van der Waals surface area contributed by atoms with Crippen molar-refractivity contribution >= 4 is 29.9 Å².